The van der Waals surface area contributed by atoms with E-state index in [4.69, 9.17) is 4.42 Å². The zero-order valence-electron chi connectivity index (χ0n) is 17.1. The van der Waals surface area contributed by atoms with Crippen LogP contribution < -0.4 is 10.6 Å². The van der Waals surface area contributed by atoms with E-state index in [1.165, 1.54) is 37.1 Å². The molecule has 160 valence electrons. The number of likely N-dealkylation sites (tertiary alicyclic amines) is 1. The highest BCUT2D eigenvalue weighted by Crippen LogP contribution is 2.14. The van der Waals surface area contributed by atoms with E-state index >= 15 is 0 Å². The monoisotopic (exact) mass is 521 g/mol. The van der Waals surface area contributed by atoms with Gasteiger partial charge in [-0.2, -0.15) is 0 Å². The van der Waals surface area contributed by atoms with Crippen LogP contribution in [0.4, 0.5) is 0 Å². The van der Waals surface area contributed by atoms with Gasteiger partial charge in [0.05, 0.1) is 12.8 Å². The first-order valence-electron chi connectivity index (χ1n) is 10.00. The molecule has 2 aromatic heterocycles. The molecule has 0 saturated carbocycles. The average Bonchev–Trinajstić information content (AvgIpc) is 3.51. The van der Waals surface area contributed by atoms with Crippen LogP contribution in [0.2, 0.25) is 0 Å². The maximum atomic E-state index is 5.31. The molecule has 30 heavy (non-hydrogen) atoms. The van der Waals surface area contributed by atoms with Crippen LogP contribution in [0.5, 0.6) is 0 Å². The van der Waals surface area contributed by atoms with E-state index in [2.05, 4.69) is 60.0 Å². The second-order valence-electron chi connectivity index (χ2n) is 7.16. The third-order valence-electron chi connectivity index (χ3n) is 5.01. The van der Waals surface area contributed by atoms with Gasteiger partial charge < -0.3 is 15.1 Å². The van der Waals surface area contributed by atoms with Crippen LogP contribution in [0.1, 0.15) is 29.8 Å². The Hall–Kier alpha value is -2.40. The number of nitrogens with zero attached hydrogens (tertiary/aromatic N) is 4. The molecule has 1 aliphatic heterocycles. The van der Waals surface area contributed by atoms with Crippen molar-refractivity contribution in [3.63, 3.8) is 0 Å². The molecule has 0 bridgehead atoms. The predicted molar refractivity (Wildman–Crippen MR) is 127 cm³/mol. The zero-order valence-corrected chi connectivity index (χ0v) is 19.4. The molecule has 1 aliphatic rings. The summed E-state index contributed by atoms with van der Waals surface area (Å²) >= 11 is 0. The van der Waals surface area contributed by atoms with Crippen molar-refractivity contribution in [2.45, 2.75) is 32.5 Å². The summed E-state index contributed by atoms with van der Waals surface area (Å²) in [5, 5.41) is 13.7. The van der Waals surface area contributed by atoms with Crippen LogP contribution in [0, 0.1) is 0 Å². The van der Waals surface area contributed by atoms with Gasteiger partial charge in [0.2, 0.25) is 5.82 Å². The molecule has 4 rings (SSSR count). The molecule has 0 aliphatic carbocycles. The van der Waals surface area contributed by atoms with Gasteiger partial charge in [0.15, 0.2) is 11.7 Å². The number of halogens is 1. The van der Waals surface area contributed by atoms with Gasteiger partial charge in [0.25, 0.3) is 0 Å². The van der Waals surface area contributed by atoms with Crippen molar-refractivity contribution in [1.82, 2.24) is 30.7 Å². The van der Waals surface area contributed by atoms with Crippen molar-refractivity contribution in [2.24, 2.45) is 4.99 Å². The highest BCUT2D eigenvalue weighted by molar-refractivity contribution is 14.0. The van der Waals surface area contributed by atoms with Crippen molar-refractivity contribution in [1.29, 1.82) is 0 Å². The van der Waals surface area contributed by atoms with Crippen molar-refractivity contribution in [3.8, 4) is 11.6 Å². The summed E-state index contributed by atoms with van der Waals surface area (Å²) < 4.78 is 5.31. The largest absolute Gasteiger partial charge is 0.461 e. The molecule has 3 heterocycles. The number of aliphatic imine (C=N–C) groups is 1. The van der Waals surface area contributed by atoms with Gasteiger partial charge >= 0.3 is 0 Å². The van der Waals surface area contributed by atoms with Crippen molar-refractivity contribution in [3.05, 3.63) is 59.6 Å². The Bertz CT molecular complexity index is 915. The molecule has 0 radical (unpaired) electrons. The first-order valence-corrected chi connectivity index (χ1v) is 10.00. The summed E-state index contributed by atoms with van der Waals surface area (Å²) in [6.07, 6.45) is 4.26. The maximum absolute atomic E-state index is 5.31. The zero-order chi connectivity index (χ0) is 19.9. The first-order chi connectivity index (χ1) is 14.3. The second kappa shape index (κ2) is 11.1. The van der Waals surface area contributed by atoms with Crippen LogP contribution in [-0.2, 0) is 19.6 Å². The van der Waals surface area contributed by atoms with Crippen molar-refractivity contribution in [2.75, 3.05) is 20.1 Å². The number of guanidine groups is 1. The number of aromatic amines is 1. The normalized spacial score (nSPS) is 14.5. The molecule has 8 nitrogen and oxygen atoms in total. The summed E-state index contributed by atoms with van der Waals surface area (Å²) in [6.45, 7) is 4.69. The highest BCUT2D eigenvalue weighted by atomic mass is 127. The van der Waals surface area contributed by atoms with Crippen LogP contribution in [0.25, 0.3) is 11.6 Å². The lowest BCUT2D eigenvalue weighted by Gasteiger charge is -2.15. The molecule has 1 saturated heterocycles. The quantitative estimate of drug-likeness (QED) is 0.251. The Balaban J connectivity index is 0.00000256. The fraction of sp³-hybridized carbons (Fsp3) is 0.381. The number of aromatic nitrogens is 3. The number of benzene rings is 1. The molecule has 0 atom stereocenters. The van der Waals surface area contributed by atoms with Gasteiger partial charge in [0, 0.05) is 20.1 Å². The molecule has 1 aromatic carbocycles. The molecule has 0 unspecified atom stereocenters. The lowest BCUT2D eigenvalue weighted by molar-refractivity contribution is 0.331. The number of nitrogens with one attached hydrogen (secondary N) is 3. The Labute approximate surface area is 193 Å². The molecular formula is C21H28IN7O. The molecule has 0 amide bonds. The smallest absolute Gasteiger partial charge is 0.216 e. The third kappa shape index (κ3) is 6.05. The average molecular weight is 521 g/mol. The number of H-pyrrole nitrogens is 1. The molecule has 0 spiro atoms. The Kier molecular flexibility index (Phi) is 8.26. The SMILES string of the molecule is CN=C(NCc1ccc(CN2CCCC2)cc1)NCc1nc(-c2ccco2)n[nH]1.I. The second-order valence-corrected chi connectivity index (χ2v) is 7.16. The van der Waals surface area contributed by atoms with Crippen LogP contribution in [0.3, 0.4) is 0 Å². The van der Waals surface area contributed by atoms with E-state index in [0.717, 1.165) is 6.54 Å². The van der Waals surface area contributed by atoms with Gasteiger partial charge in [-0.25, -0.2) is 4.98 Å². The molecule has 3 N–H and O–H groups in total. The molecular weight excluding hydrogens is 493 g/mol. The van der Waals surface area contributed by atoms with Gasteiger partial charge in [-0.15, -0.1) is 29.1 Å². The van der Waals surface area contributed by atoms with Gasteiger partial charge in [-0.3, -0.25) is 15.0 Å². The van der Waals surface area contributed by atoms with Crippen molar-refractivity contribution >= 4 is 29.9 Å². The van der Waals surface area contributed by atoms with E-state index in [-0.39, 0.29) is 24.0 Å². The highest BCUT2D eigenvalue weighted by Gasteiger charge is 2.11. The Morgan fingerprint density at radius 3 is 2.53 bits per heavy atom. The van der Waals surface area contributed by atoms with E-state index in [0.29, 0.717) is 36.5 Å². The topological polar surface area (TPSA) is 94.4 Å². The summed E-state index contributed by atoms with van der Waals surface area (Å²) in [6, 6.07) is 12.4. The molecule has 1 fully saturated rings. The summed E-state index contributed by atoms with van der Waals surface area (Å²) in [5.74, 6) is 2.61. The fourth-order valence-corrected chi connectivity index (χ4v) is 3.43. The minimum atomic E-state index is 0. The Morgan fingerprint density at radius 2 is 1.83 bits per heavy atom. The van der Waals surface area contributed by atoms with E-state index in [1.54, 1.807) is 13.3 Å². The lowest BCUT2D eigenvalue weighted by Crippen LogP contribution is -2.36. The lowest BCUT2D eigenvalue weighted by atomic mass is 10.1. The number of hydrogen-bond donors (Lipinski definition) is 3. The van der Waals surface area contributed by atoms with Gasteiger partial charge in [0.1, 0.15) is 5.82 Å². The molecule has 3 aromatic rings. The summed E-state index contributed by atoms with van der Waals surface area (Å²) in [7, 11) is 1.75. The van der Waals surface area contributed by atoms with Crippen LogP contribution in [-0.4, -0.2) is 46.2 Å². The van der Waals surface area contributed by atoms with Gasteiger partial charge in [-0.05, 0) is 49.2 Å². The Morgan fingerprint density at radius 1 is 1.10 bits per heavy atom. The predicted octanol–water partition coefficient (Wildman–Crippen LogP) is 3.14. The minimum absolute atomic E-state index is 0. The van der Waals surface area contributed by atoms with Crippen LogP contribution >= 0.6 is 24.0 Å². The maximum Gasteiger partial charge on any atom is 0.216 e. The van der Waals surface area contributed by atoms with Crippen LogP contribution in [0.15, 0.2) is 52.1 Å². The minimum Gasteiger partial charge on any atom is -0.461 e. The molecule has 9 heteroatoms. The summed E-state index contributed by atoms with van der Waals surface area (Å²) in [5.41, 5.74) is 2.59. The fourth-order valence-electron chi connectivity index (χ4n) is 3.43. The van der Waals surface area contributed by atoms with E-state index in [1.807, 2.05) is 12.1 Å². The third-order valence-corrected chi connectivity index (χ3v) is 5.01. The summed E-state index contributed by atoms with van der Waals surface area (Å²) in [4.78, 5) is 11.2. The number of furan rings is 1. The number of hydrogen-bond acceptors (Lipinski definition) is 5. The van der Waals surface area contributed by atoms with E-state index in [9.17, 15) is 0 Å². The number of rotatable bonds is 7. The van der Waals surface area contributed by atoms with Crippen molar-refractivity contribution < 1.29 is 4.42 Å². The van der Waals surface area contributed by atoms with Gasteiger partial charge in [-0.1, -0.05) is 24.3 Å². The van der Waals surface area contributed by atoms with E-state index < -0.39 is 0 Å². The first kappa shape index (κ1) is 22.3. The standard InChI is InChI=1S/C21H27N7O.HI/c1-22-21(24-14-19-25-20(27-26-19)18-5-4-12-29-18)23-13-16-6-8-17(9-7-16)15-28-10-2-3-11-28;/h4-9,12H,2-3,10-11,13-15H2,1H3,(H2,22,23,24)(H,25,26,27);1H.